The zero-order valence-corrected chi connectivity index (χ0v) is 19.3. The summed E-state index contributed by atoms with van der Waals surface area (Å²) < 4.78 is 14.3. The smallest absolute Gasteiger partial charge is 0.321 e. The second-order valence-corrected chi connectivity index (χ2v) is 8.91. The van der Waals surface area contributed by atoms with E-state index in [4.69, 9.17) is 11.6 Å². The Morgan fingerprint density at radius 3 is 2.88 bits per heavy atom. The molecule has 0 atom stereocenters. The van der Waals surface area contributed by atoms with Crippen LogP contribution in [0.2, 0.25) is 5.02 Å². The van der Waals surface area contributed by atoms with Crippen LogP contribution in [0.25, 0.3) is 10.3 Å². The summed E-state index contributed by atoms with van der Waals surface area (Å²) >= 11 is 7.11. The van der Waals surface area contributed by atoms with Gasteiger partial charge in [-0.15, -0.1) is 0 Å². The summed E-state index contributed by atoms with van der Waals surface area (Å²) in [6.45, 7) is 5.70. The van der Waals surface area contributed by atoms with E-state index in [1.54, 1.807) is 36.2 Å². The third-order valence-corrected chi connectivity index (χ3v) is 6.34. The highest BCUT2D eigenvalue weighted by Gasteiger charge is 2.14. The van der Waals surface area contributed by atoms with Gasteiger partial charge < -0.3 is 20.4 Å². The summed E-state index contributed by atoms with van der Waals surface area (Å²) in [7, 11) is 1.73. The number of fused-ring (bicyclic) bond motifs is 1. The molecular formula is C21H25ClFN7OS. The van der Waals surface area contributed by atoms with Gasteiger partial charge in [-0.2, -0.15) is 0 Å². The van der Waals surface area contributed by atoms with Gasteiger partial charge in [0.25, 0.3) is 0 Å². The van der Waals surface area contributed by atoms with Gasteiger partial charge in [0.1, 0.15) is 22.0 Å². The number of thiazole rings is 1. The number of piperazine rings is 1. The number of hydrogen-bond acceptors (Lipinski definition) is 7. The molecule has 0 aliphatic carbocycles. The van der Waals surface area contributed by atoms with E-state index in [2.05, 4.69) is 30.8 Å². The summed E-state index contributed by atoms with van der Waals surface area (Å²) in [6, 6.07) is 7.78. The number of benzene rings is 1. The summed E-state index contributed by atoms with van der Waals surface area (Å²) in [5.41, 5.74) is 1.03. The second-order valence-electron chi connectivity index (χ2n) is 7.49. The topological polar surface area (TPSA) is 85.4 Å². The number of hydrogen-bond donors (Lipinski definition) is 3. The minimum atomic E-state index is -0.429. The van der Waals surface area contributed by atoms with Gasteiger partial charge >= 0.3 is 6.03 Å². The van der Waals surface area contributed by atoms with Crippen LogP contribution >= 0.6 is 22.9 Å². The number of carbonyl (C=O) groups excluding carboxylic acids is 1. The number of amides is 2. The maximum absolute atomic E-state index is 14.3. The summed E-state index contributed by atoms with van der Waals surface area (Å²) in [6.07, 6.45) is 0.895. The number of carbonyl (C=O) groups is 1. The molecule has 2 amide bonds. The predicted octanol–water partition coefficient (Wildman–Crippen LogP) is 3.67. The average Bonchev–Trinajstić information content (AvgIpc) is 3.18. The fourth-order valence-corrected chi connectivity index (χ4v) is 4.49. The monoisotopic (exact) mass is 477 g/mol. The number of anilines is 3. The molecule has 32 heavy (non-hydrogen) atoms. The van der Waals surface area contributed by atoms with Gasteiger partial charge in [0.15, 0.2) is 5.13 Å². The molecule has 0 spiro atoms. The number of nitrogens with one attached hydrogen (secondary N) is 3. The number of nitrogens with zero attached hydrogens (tertiary/aromatic N) is 4. The van der Waals surface area contributed by atoms with E-state index in [1.807, 2.05) is 0 Å². The standard InChI is InChI=1S/C21H25ClFN7OS/c1-29(17-5-3-14(22)13-15(17)23)18-6-4-16-19(27-18)32-21(26-16)28-20(31)25-7-2-10-30-11-8-24-9-12-30/h3-6,13,24H,2,7-12H2,1H3,(H2,25,26,28,31). The molecule has 0 bridgehead atoms. The normalized spacial score (nSPS) is 14.5. The van der Waals surface area contributed by atoms with Gasteiger partial charge in [0, 0.05) is 44.8 Å². The van der Waals surface area contributed by atoms with Crippen LogP contribution in [0.5, 0.6) is 0 Å². The van der Waals surface area contributed by atoms with Gasteiger partial charge in [0.05, 0.1) is 5.69 Å². The SMILES string of the molecule is CN(c1ccc2nc(NC(=O)NCCCN3CCNCC3)sc2n1)c1ccc(Cl)cc1F. The number of urea groups is 1. The maximum Gasteiger partial charge on any atom is 0.321 e. The Labute approximate surface area is 194 Å². The molecule has 3 aromatic rings. The third kappa shape index (κ3) is 5.63. The Bertz CT molecular complexity index is 1090. The minimum absolute atomic E-state index is 0.287. The molecular weight excluding hydrogens is 453 g/mol. The van der Waals surface area contributed by atoms with E-state index < -0.39 is 5.82 Å². The van der Waals surface area contributed by atoms with Gasteiger partial charge in [-0.05, 0) is 43.3 Å². The average molecular weight is 478 g/mol. The van der Waals surface area contributed by atoms with Crippen molar-refractivity contribution in [2.45, 2.75) is 6.42 Å². The lowest BCUT2D eigenvalue weighted by atomic mass is 10.2. The van der Waals surface area contributed by atoms with Crippen molar-refractivity contribution in [1.29, 1.82) is 0 Å². The molecule has 170 valence electrons. The second kappa shape index (κ2) is 10.4. The molecule has 0 radical (unpaired) electrons. The van der Waals surface area contributed by atoms with Crippen molar-refractivity contribution >= 4 is 56.0 Å². The van der Waals surface area contributed by atoms with Crippen molar-refractivity contribution in [1.82, 2.24) is 25.5 Å². The van der Waals surface area contributed by atoms with Crippen LogP contribution in [-0.2, 0) is 0 Å². The molecule has 0 saturated carbocycles. The summed E-state index contributed by atoms with van der Waals surface area (Å²) in [5.74, 6) is 0.133. The van der Waals surface area contributed by atoms with E-state index in [1.165, 1.54) is 17.4 Å². The van der Waals surface area contributed by atoms with Crippen molar-refractivity contribution in [3.05, 3.63) is 41.2 Å². The van der Waals surface area contributed by atoms with Gasteiger partial charge in [0.2, 0.25) is 0 Å². The molecule has 3 heterocycles. The molecule has 1 saturated heterocycles. The van der Waals surface area contributed by atoms with Crippen LogP contribution in [0.3, 0.4) is 0 Å². The van der Waals surface area contributed by atoms with Gasteiger partial charge in [-0.3, -0.25) is 5.32 Å². The minimum Gasteiger partial charge on any atom is -0.338 e. The summed E-state index contributed by atoms with van der Waals surface area (Å²) in [5, 5.41) is 9.77. The first-order valence-corrected chi connectivity index (χ1v) is 11.6. The maximum atomic E-state index is 14.3. The highest BCUT2D eigenvalue weighted by atomic mass is 35.5. The highest BCUT2D eigenvalue weighted by Crippen LogP contribution is 2.30. The number of halogens is 2. The first-order chi connectivity index (χ1) is 15.5. The van der Waals surface area contributed by atoms with Crippen LogP contribution in [0.15, 0.2) is 30.3 Å². The molecule has 8 nitrogen and oxygen atoms in total. The predicted molar refractivity (Wildman–Crippen MR) is 128 cm³/mol. The van der Waals surface area contributed by atoms with E-state index in [0.717, 1.165) is 39.1 Å². The number of pyridine rings is 1. The van der Waals surface area contributed by atoms with Crippen LogP contribution in [0, 0.1) is 5.82 Å². The zero-order valence-electron chi connectivity index (χ0n) is 17.7. The molecule has 1 fully saturated rings. The zero-order chi connectivity index (χ0) is 22.5. The fraction of sp³-hybridized carbons (Fsp3) is 0.381. The van der Waals surface area contributed by atoms with Crippen molar-refractivity contribution < 1.29 is 9.18 Å². The van der Waals surface area contributed by atoms with Gasteiger partial charge in [-0.25, -0.2) is 19.2 Å². The van der Waals surface area contributed by atoms with Crippen molar-refractivity contribution in [3.63, 3.8) is 0 Å². The van der Waals surface area contributed by atoms with Crippen molar-refractivity contribution in [3.8, 4) is 0 Å². The first-order valence-electron chi connectivity index (χ1n) is 10.4. The first kappa shape index (κ1) is 22.7. The van der Waals surface area contributed by atoms with E-state index in [9.17, 15) is 9.18 Å². The van der Waals surface area contributed by atoms with Crippen LogP contribution in [0.1, 0.15) is 6.42 Å². The third-order valence-electron chi connectivity index (χ3n) is 5.22. The fourth-order valence-electron chi connectivity index (χ4n) is 3.50. The Kier molecular flexibility index (Phi) is 7.36. The lowest BCUT2D eigenvalue weighted by Crippen LogP contribution is -2.44. The Morgan fingerprint density at radius 1 is 1.28 bits per heavy atom. The molecule has 1 aromatic carbocycles. The largest absolute Gasteiger partial charge is 0.338 e. The quantitative estimate of drug-likeness (QED) is 0.450. The molecule has 3 N–H and O–H groups in total. The van der Waals surface area contributed by atoms with Crippen LogP contribution < -0.4 is 20.9 Å². The van der Waals surface area contributed by atoms with E-state index in [-0.39, 0.29) is 6.03 Å². The van der Waals surface area contributed by atoms with Crippen molar-refractivity contribution in [2.75, 3.05) is 56.5 Å². The Balaban J connectivity index is 1.33. The number of rotatable bonds is 7. The number of aromatic nitrogens is 2. The van der Waals surface area contributed by atoms with Crippen molar-refractivity contribution in [2.24, 2.45) is 0 Å². The van der Waals surface area contributed by atoms with E-state index >= 15 is 0 Å². The highest BCUT2D eigenvalue weighted by molar-refractivity contribution is 7.22. The molecule has 0 unspecified atom stereocenters. The molecule has 4 rings (SSSR count). The van der Waals surface area contributed by atoms with Gasteiger partial charge in [-0.1, -0.05) is 22.9 Å². The lowest BCUT2D eigenvalue weighted by Gasteiger charge is -2.27. The molecule has 11 heteroatoms. The van der Waals surface area contributed by atoms with Crippen LogP contribution in [-0.4, -0.2) is 67.2 Å². The molecule has 1 aliphatic heterocycles. The molecule has 2 aromatic heterocycles. The van der Waals surface area contributed by atoms with Crippen LogP contribution in [0.4, 0.5) is 25.8 Å². The Morgan fingerprint density at radius 2 is 2.09 bits per heavy atom. The summed E-state index contributed by atoms with van der Waals surface area (Å²) in [4.78, 5) is 25.9. The Hall–Kier alpha value is -2.53. The van der Waals surface area contributed by atoms with E-state index in [0.29, 0.717) is 38.6 Å². The lowest BCUT2D eigenvalue weighted by molar-refractivity contribution is 0.234. The molecule has 1 aliphatic rings.